The Morgan fingerprint density at radius 1 is 1.50 bits per heavy atom. The van der Waals surface area contributed by atoms with E-state index in [0.29, 0.717) is 5.02 Å². The van der Waals surface area contributed by atoms with Crippen LogP contribution in [0.2, 0.25) is 5.02 Å². The Kier molecular flexibility index (Phi) is 4.01. The fourth-order valence-corrected chi connectivity index (χ4v) is 2.32. The summed E-state index contributed by atoms with van der Waals surface area (Å²) in [5.74, 6) is 5.69. The molecule has 18 heavy (non-hydrogen) atoms. The fraction of sp³-hybridized carbons (Fsp3) is 0.308. The van der Waals surface area contributed by atoms with Crippen molar-refractivity contribution in [3.8, 4) is 0 Å². The van der Waals surface area contributed by atoms with Crippen molar-refractivity contribution >= 4 is 11.6 Å². The number of nitrogens with one attached hydrogen (secondary N) is 1. The van der Waals surface area contributed by atoms with Gasteiger partial charge in [-0.05, 0) is 24.1 Å². The van der Waals surface area contributed by atoms with Gasteiger partial charge < -0.3 is 0 Å². The van der Waals surface area contributed by atoms with Gasteiger partial charge in [0.1, 0.15) is 0 Å². The van der Waals surface area contributed by atoms with Crippen LogP contribution in [0.5, 0.6) is 0 Å². The van der Waals surface area contributed by atoms with E-state index in [1.807, 2.05) is 42.2 Å². The lowest BCUT2D eigenvalue weighted by Gasteiger charge is -2.16. The van der Waals surface area contributed by atoms with E-state index in [1.54, 1.807) is 0 Å². The number of aromatic nitrogens is 2. The van der Waals surface area contributed by atoms with Crippen LogP contribution in [-0.2, 0) is 13.5 Å². The molecule has 0 bridgehead atoms. The average Bonchev–Trinajstić information content (AvgIpc) is 2.71. The van der Waals surface area contributed by atoms with E-state index in [4.69, 9.17) is 17.4 Å². The Bertz CT molecular complexity index is 536. The van der Waals surface area contributed by atoms with Crippen molar-refractivity contribution in [2.45, 2.75) is 19.4 Å². The van der Waals surface area contributed by atoms with E-state index in [0.717, 1.165) is 23.2 Å². The molecular weight excluding hydrogens is 248 g/mol. The molecule has 1 heterocycles. The lowest BCUT2D eigenvalue weighted by molar-refractivity contribution is 0.631. The molecule has 2 rings (SSSR count). The van der Waals surface area contributed by atoms with E-state index < -0.39 is 0 Å². The minimum absolute atomic E-state index is 0.0904. The summed E-state index contributed by atoms with van der Waals surface area (Å²) in [5.41, 5.74) is 6.00. The molecule has 0 saturated heterocycles. The quantitative estimate of drug-likeness (QED) is 0.657. The van der Waals surface area contributed by atoms with Gasteiger partial charge in [-0.1, -0.05) is 30.7 Å². The van der Waals surface area contributed by atoms with E-state index >= 15 is 0 Å². The molecule has 0 aliphatic carbocycles. The first-order valence-corrected chi connectivity index (χ1v) is 6.27. The molecule has 1 unspecified atom stereocenters. The molecule has 4 nitrogen and oxygen atoms in total. The highest BCUT2D eigenvalue weighted by Gasteiger charge is 2.18. The maximum Gasteiger partial charge on any atom is 0.0744 e. The molecule has 0 radical (unpaired) electrons. The summed E-state index contributed by atoms with van der Waals surface area (Å²) >= 11 is 6.02. The van der Waals surface area contributed by atoms with Crippen LogP contribution in [0.25, 0.3) is 0 Å². The zero-order valence-corrected chi connectivity index (χ0v) is 11.3. The Morgan fingerprint density at radius 2 is 2.28 bits per heavy atom. The molecule has 0 saturated carbocycles. The normalized spacial score (nSPS) is 12.7. The van der Waals surface area contributed by atoms with E-state index in [9.17, 15) is 0 Å². The molecule has 96 valence electrons. The first-order valence-electron chi connectivity index (χ1n) is 5.89. The van der Waals surface area contributed by atoms with Gasteiger partial charge in [0.15, 0.2) is 0 Å². The summed E-state index contributed by atoms with van der Waals surface area (Å²) in [7, 11) is 1.91. The zero-order valence-electron chi connectivity index (χ0n) is 10.5. The number of nitrogens with zero attached hydrogens (tertiary/aromatic N) is 2. The second-order valence-electron chi connectivity index (χ2n) is 4.21. The predicted molar refractivity (Wildman–Crippen MR) is 73.2 cm³/mol. The Balaban J connectivity index is 2.44. The zero-order chi connectivity index (χ0) is 13.1. The summed E-state index contributed by atoms with van der Waals surface area (Å²) in [6, 6.07) is 7.60. The minimum atomic E-state index is -0.0904. The van der Waals surface area contributed by atoms with Gasteiger partial charge in [-0.25, -0.2) is 5.43 Å². The lowest BCUT2D eigenvalue weighted by Crippen LogP contribution is -2.29. The van der Waals surface area contributed by atoms with Crippen LogP contribution < -0.4 is 11.3 Å². The fourth-order valence-electron chi connectivity index (χ4n) is 2.12. The molecule has 0 aliphatic rings. The molecule has 0 spiro atoms. The lowest BCUT2D eigenvalue weighted by atomic mass is 9.99. The van der Waals surface area contributed by atoms with Crippen LogP contribution in [0.15, 0.2) is 30.5 Å². The van der Waals surface area contributed by atoms with Gasteiger partial charge in [-0.3, -0.25) is 10.5 Å². The number of aryl methyl sites for hydroxylation is 2. The molecule has 2 aromatic rings. The minimum Gasteiger partial charge on any atom is -0.275 e. The average molecular weight is 265 g/mol. The monoisotopic (exact) mass is 264 g/mol. The molecule has 0 aliphatic heterocycles. The Morgan fingerprint density at radius 3 is 2.89 bits per heavy atom. The highest BCUT2D eigenvalue weighted by Crippen LogP contribution is 2.26. The highest BCUT2D eigenvalue weighted by molar-refractivity contribution is 6.30. The molecule has 0 fully saturated rings. The van der Waals surface area contributed by atoms with Gasteiger partial charge in [0.25, 0.3) is 0 Å². The van der Waals surface area contributed by atoms with Gasteiger partial charge in [0, 0.05) is 23.8 Å². The molecular formula is C13H17ClN4. The van der Waals surface area contributed by atoms with Gasteiger partial charge >= 0.3 is 0 Å². The summed E-state index contributed by atoms with van der Waals surface area (Å²) in [6.45, 7) is 2.08. The van der Waals surface area contributed by atoms with Gasteiger partial charge in [0.2, 0.25) is 0 Å². The number of hydrogen-bond donors (Lipinski definition) is 2. The Labute approximate surface area is 112 Å². The standard InChI is InChI=1S/C13H17ClN4/c1-3-12-11(8-18(2)17-12)13(16-15)9-5-4-6-10(14)7-9/h4-8,13,16H,3,15H2,1-2H3. The topological polar surface area (TPSA) is 55.9 Å². The van der Waals surface area contributed by atoms with Crippen molar-refractivity contribution in [3.63, 3.8) is 0 Å². The number of hydrazine groups is 1. The van der Waals surface area contributed by atoms with Crippen LogP contribution >= 0.6 is 11.6 Å². The number of hydrogen-bond acceptors (Lipinski definition) is 3. The smallest absolute Gasteiger partial charge is 0.0744 e. The Hall–Kier alpha value is -1.36. The molecule has 1 aromatic carbocycles. The maximum atomic E-state index is 6.02. The molecule has 1 aromatic heterocycles. The maximum absolute atomic E-state index is 6.02. The largest absolute Gasteiger partial charge is 0.275 e. The highest BCUT2D eigenvalue weighted by atomic mass is 35.5. The third kappa shape index (κ3) is 2.56. The first kappa shape index (κ1) is 13.1. The van der Waals surface area contributed by atoms with Crippen molar-refractivity contribution in [1.29, 1.82) is 0 Å². The molecule has 5 heteroatoms. The number of nitrogens with two attached hydrogens (primary N) is 1. The van der Waals surface area contributed by atoms with Crippen LogP contribution in [0, 0.1) is 0 Å². The van der Waals surface area contributed by atoms with E-state index in [-0.39, 0.29) is 6.04 Å². The third-order valence-electron chi connectivity index (χ3n) is 2.93. The summed E-state index contributed by atoms with van der Waals surface area (Å²) in [6.07, 6.45) is 2.86. The SMILES string of the molecule is CCc1nn(C)cc1C(NN)c1cccc(Cl)c1. The van der Waals surface area contributed by atoms with Crippen LogP contribution in [0.1, 0.15) is 29.8 Å². The van der Waals surface area contributed by atoms with Crippen molar-refractivity contribution in [3.05, 3.63) is 52.3 Å². The number of rotatable bonds is 4. The summed E-state index contributed by atoms with van der Waals surface area (Å²) < 4.78 is 1.81. The number of halogens is 1. The molecule has 3 N–H and O–H groups in total. The van der Waals surface area contributed by atoms with Gasteiger partial charge in [-0.15, -0.1) is 0 Å². The second kappa shape index (κ2) is 5.52. The van der Waals surface area contributed by atoms with Crippen molar-refractivity contribution in [1.82, 2.24) is 15.2 Å². The predicted octanol–water partition coefficient (Wildman–Crippen LogP) is 2.19. The summed E-state index contributed by atoms with van der Waals surface area (Å²) in [4.78, 5) is 0. The van der Waals surface area contributed by atoms with Crippen LogP contribution in [0.3, 0.4) is 0 Å². The molecule has 0 amide bonds. The van der Waals surface area contributed by atoms with Gasteiger partial charge in [-0.2, -0.15) is 5.10 Å². The van der Waals surface area contributed by atoms with E-state index in [2.05, 4.69) is 17.4 Å². The van der Waals surface area contributed by atoms with Crippen LogP contribution in [0.4, 0.5) is 0 Å². The number of benzene rings is 1. The van der Waals surface area contributed by atoms with Crippen molar-refractivity contribution < 1.29 is 0 Å². The second-order valence-corrected chi connectivity index (χ2v) is 4.65. The van der Waals surface area contributed by atoms with Gasteiger partial charge in [0.05, 0.1) is 11.7 Å². The first-order chi connectivity index (χ1) is 8.65. The summed E-state index contributed by atoms with van der Waals surface area (Å²) in [5, 5.41) is 5.14. The van der Waals surface area contributed by atoms with Crippen molar-refractivity contribution in [2.24, 2.45) is 12.9 Å². The van der Waals surface area contributed by atoms with Crippen molar-refractivity contribution in [2.75, 3.05) is 0 Å². The third-order valence-corrected chi connectivity index (χ3v) is 3.17. The van der Waals surface area contributed by atoms with Crippen LogP contribution in [-0.4, -0.2) is 9.78 Å². The van der Waals surface area contributed by atoms with E-state index in [1.165, 1.54) is 0 Å². The molecule has 1 atom stereocenters.